The fourth-order valence-corrected chi connectivity index (χ4v) is 0.391. The Hall–Kier alpha value is -0.410. The lowest BCUT2D eigenvalue weighted by molar-refractivity contribution is -0.114. The van der Waals surface area contributed by atoms with Crippen molar-refractivity contribution in [2.24, 2.45) is 0 Å². The summed E-state index contributed by atoms with van der Waals surface area (Å²) in [6.07, 6.45) is 0. The smallest absolute Gasteiger partial charge is 0.126 e. The molecule has 0 N–H and O–H groups in total. The van der Waals surface area contributed by atoms with Gasteiger partial charge >= 0.3 is 0 Å². The zero-order valence-electron chi connectivity index (χ0n) is 8.89. The van der Waals surface area contributed by atoms with Crippen molar-refractivity contribution in [3.8, 4) is 0 Å². The first-order valence-corrected chi connectivity index (χ1v) is 4.20. The van der Waals surface area contributed by atoms with Gasteiger partial charge in [-0.2, -0.15) is 0 Å². The highest BCUT2D eigenvalue weighted by atomic mass is 16.5. The van der Waals surface area contributed by atoms with Gasteiger partial charge in [-0.25, -0.2) is 0 Å². The van der Waals surface area contributed by atoms with Gasteiger partial charge < -0.3 is 14.4 Å². The van der Waals surface area contributed by atoms with Gasteiger partial charge in [0.25, 0.3) is 0 Å². The van der Waals surface area contributed by atoms with E-state index in [1.54, 1.807) is 0 Å². The van der Waals surface area contributed by atoms with Gasteiger partial charge in [-0.1, -0.05) is 0 Å². The molecule has 0 bridgehead atoms. The molecule has 74 valence electrons. The fraction of sp³-hybridized carbons (Fsp3) is 0.889. The Morgan fingerprint density at radius 1 is 1.33 bits per heavy atom. The van der Waals surface area contributed by atoms with E-state index in [0.717, 1.165) is 19.8 Å². The molecule has 12 heavy (non-hydrogen) atoms. The number of ether oxygens (including phenoxy) is 1. The summed E-state index contributed by atoms with van der Waals surface area (Å²) in [6, 6.07) is 0. The molecule has 0 amide bonds. The van der Waals surface area contributed by atoms with Gasteiger partial charge in [0.15, 0.2) is 0 Å². The van der Waals surface area contributed by atoms with Crippen molar-refractivity contribution in [3.05, 3.63) is 0 Å². The number of carbonyl (C=O) groups is 1. The van der Waals surface area contributed by atoms with Crippen LogP contribution in [0.1, 0.15) is 20.8 Å². The molecule has 0 aliphatic heterocycles. The maximum Gasteiger partial charge on any atom is 0.126 e. The monoisotopic (exact) mass is 175 g/mol. The molecule has 0 radical (unpaired) electrons. The maximum absolute atomic E-state index is 9.44. The maximum atomic E-state index is 9.44. The lowest BCUT2D eigenvalue weighted by Crippen LogP contribution is -2.17. The van der Waals surface area contributed by atoms with Crippen LogP contribution in [0, 0.1) is 0 Å². The minimum atomic E-state index is 0.167. The van der Waals surface area contributed by atoms with Crippen LogP contribution < -0.4 is 0 Å². The van der Waals surface area contributed by atoms with Gasteiger partial charge in [-0.15, -0.1) is 0 Å². The largest absolute Gasteiger partial charge is 0.380 e. The highest BCUT2D eigenvalue weighted by Gasteiger charge is 1.85. The van der Waals surface area contributed by atoms with E-state index < -0.39 is 0 Å². The lowest BCUT2D eigenvalue weighted by atomic mass is 10.6. The minimum absolute atomic E-state index is 0.167. The van der Waals surface area contributed by atoms with E-state index in [1.165, 1.54) is 13.8 Å². The van der Waals surface area contributed by atoms with Crippen molar-refractivity contribution in [1.29, 1.82) is 0 Å². The first-order valence-electron chi connectivity index (χ1n) is 4.20. The zero-order valence-corrected chi connectivity index (χ0v) is 8.89. The molecule has 0 aliphatic rings. The van der Waals surface area contributed by atoms with Crippen LogP contribution in [0.2, 0.25) is 0 Å². The van der Waals surface area contributed by atoms with Crippen molar-refractivity contribution in [3.63, 3.8) is 0 Å². The van der Waals surface area contributed by atoms with Crippen molar-refractivity contribution in [1.82, 2.24) is 4.90 Å². The van der Waals surface area contributed by atoms with Crippen molar-refractivity contribution in [2.75, 3.05) is 33.9 Å². The van der Waals surface area contributed by atoms with Crippen LogP contribution in [0.5, 0.6) is 0 Å². The van der Waals surface area contributed by atoms with E-state index in [0.29, 0.717) is 0 Å². The van der Waals surface area contributed by atoms with Gasteiger partial charge in [0.2, 0.25) is 0 Å². The molecular formula is C9H21NO2. The van der Waals surface area contributed by atoms with Gasteiger partial charge in [0, 0.05) is 13.2 Å². The molecule has 0 aliphatic carbocycles. The quantitative estimate of drug-likeness (QED) is 0.601. The third-order valence-electron chi connectivity index (χ3n) is 0.887. The molecule has 0 aromatic heterocycles. The van der Waals surface area contributed by atoms with E-state index in [9.17, 15) is 4.79 Å². The number of Topliss-reactive ketones (excluding diaryl/α,β-unsaturated/α-hetero) is 1. The Morgan fingerprint density at radius 2 is 1.75 bits per heavy atom. The standard InChI is InChI=1S/C6H15NO.C3H6O/c1-4-8-6-5-7(2)3;1-3(2)4/h4-6H2,1-3H3;1-2H3. The molecule has 0 rings (SSSR count). The molecule has 0 spiro atoms. The Morgan fingerprint density at radius 3 is 2.00 bits per heavy atom. The van der Waals surface area contributed by atoms with Crippen molar-refractivity contribution >= 4 is 5.78 Å². The Balaban J connectivity index is 0. The van der Waals surface area contributed by atoms with Crippen LogP contribution in [0.15, 0.2) is 0 Å². The molecule has 0 fully saturated rings. The second-order valence-electron chi connectivity index (χ2n) is 2.91. The van der Waals surface area contributed by atoms with E-state index in [1.807, 2.05) is 21.0 Å². The van der Waals surface area contributed by atoms with Gasteiger partial charge in [0.1, 0.15) is 5.78 Å². The summed E-state index contributed by atoms with van der Waals surface area (Å²) in [5.41, 5.74) is 0. The molecule has 0 saturated heterocycles. The predicted molar refractivity (Wildman–Crippen MR) is 51.4 cm³/mol. The van der Waals surface area contributed by atoms with E-state index in [2.05, 4.69) is 4.90 Å². The van der Waals surface area contributed by atoms with Gasteiger partial charge in [-0.05, 0) is 34.9 Å². The summed E-state index contributed by atoms with van der Waals surface area (Å²) in [6.45, 7) is 7.76. The molecule has 3 nitrogen and oxygen atoms in total. The third kappa shape index (κ3) is 33.6. The number of hydrogen-bond donors (Lipinski definition) is 0. The van der Waals surface area contributed by atoms with Crippen LogP contribution in [0.3, 0.4) is 0 Å². The zero-order chi connectivity index (χ0) is 9.98. The number of nitrogens with zero attached hydrogens (tertiary/aromatic N) is 1. The Bertz CT molecular complexity index is 98.7. The van der Waals surface area contributed by atoms with Crippen LogP contribution in [-0.2, 0) is 9.53 Å². The number of likely N-dealkylation sites (N-methyl/N-ethyl adjacent to an activating group) is 1. The number of rotatable bonds is 4. The molecule has 0 atom stereocenters. The molecule has 0 aromatic carbocycles. The summed E-state index contributed by atoms with van der Waals surface area (Å²) >= 11 is 0. The summed E-state index contributed by atoms with van der Waals surface area (Å²) in [4.78, 5) is 11.6. The molecule has 0 heterocycles. The summed E-state index contributed by atoms with van der Waals surface area (Å²) < 4.78 is 5.10. The first kappa shape index (κ1) is 14.1. The molecule has 3 heteroatoms. The molecule has 0 unspecified atom stereocenters. The third-order valence-corrected chi connectivity index (χ3v) is 0.887. The molecule has 0 saturated carbocycles. The SMILES string of the molecule is CC(C)=O.CCOCCN(C)C. The first-order chi connectivity index (χ1) is 5.50. The Kier molecular flexibility index (Phi) is 12.5. The van der Waals surface area contributed by atoms with E-state index >= 15 is 0 Å². The van der Waals surface area contributed by atoms with Crippen LogP contribution in [-0.4, -0.2) is 44.5 Å². The lowest BCUT2D eigenvalue weighted by Gasteiger charge is -2.07. The van der Waals surface area contributed by atoms with Gasteiger partial charge in [-0.3, -0.25) is 0 Å². The minimum Gasteiger partial charge on any atom is -0.380 e. The molecular weight excluding hydrogens is 154 g/mol. The highest BCUT2D eigenvalue weighted by molar-refractivity contribution is 5.72. The van der Waals surface area contributed by atoms with Crippen LogP contribution in [0.25, 0.3) is 0 Å². The summed E-state index contributed by atoms with van der Waals surface area (Å²) in [5, 5.41) is 0. The summed E-state index contributed by atoms with van der Waals surface area (Å²) in [5.74, 6) is 0.167. The number of hydrogen-bond acceptors (Lipinski definition) is 3. The predicted octanol–water partition coefficient (Wildman–Crippen LogP) is 1.18. The number of ketones is 1. The average Bonchev–Trinajstić information content (AvgIpc) is 1.86. The van der Waals surface area contributed by atoms with E-state index in [-0.39, 0.29) is 5.78 Å². The van der Waals surface area contributed by atoms with Crippen molar-refractivity contribution < 1.29 is 9.53 Å². The second kappa shape index (κ2) is 10.6. The summed E-state index contributed by atoms with van der Waals surface area (Å²) in [7, 11) is 4.08. The highest BCUT2D eigenvalue weighted by Crippen LogP contribution is 1.75. The van der Waals surface area contributed by atoms with Crippen LogP contribution in [0.4, 0.5) is 0 Å². The number of carbonyl (C=O) groups excluding carboxylic acids is 1. The van der Waals surface area contributed by atoms with Gasteiger partial charge in [0.05, 0.1) is 6.61 Å². The van der Waals surface area contributed by atoms with Crippen LogP contribution >= 0.6 is 0 Å². The average molecular weight is 175 g/mol. The fourth-order valence-electron chi connectivity index (χ4n) is 0.391. The Labute approximate surface area is 75.7 Å². The second-order valence-corrected chi connectivity index (χ2v) is 2.91. The normalized spacial score (nSPS) is 9.17. The molecule has 0 aromatic rings. The van der Waals surface area contributed by atoms with Crippen molar-refractivity contribution in [2.45, 2.75) is 20.8 Å². The topological polar surface area (TPSA) is 29.5 Å². The van der Waals surface area contributed by atoms with E-state index in [4.69, 9.17) is 4.74 Å².